The lowest BCUT2D eigenvalue weighted by atomic mass is 10.1. The fourth-order valence-corrected chi connectivity index (χ4v) is 1.66. The van der Waals surface area contributed by atoms with E-state index in [4.69, 9.17) is 11.5 Å². The third kappa shape index (κ3) is 3.77. The van der Waals surface area contributed by atoms with Crippen molar-refractivity contribution in [2.24, 2.45) is 0 Å². The number of nitrogens with one attached hydrogen (secondary N) is 1. The van der Waals surface area contributed by atoms with Gasteiger partial charge in [0.05, 0.1) is 13.1 Å². The van der Waals surface area contributed by atoms with Gasteiger partial charge in [-0.25, -0.2) is 0 Å². The molecule has 0 radical (unpaired) electrons. The molecule has 1 heterocycles. The number of carboxylic acid groups (broad SMARTS) is 1. The fraction of sp³-hybridized carbons (Fsp3) is 0.700. The topological polar surface area (TPSA) is 52.6 Å². The first kappa shape index (κ1) is 11.0. The number of piperidine rings is 1. The summed E-state index contributed by atoms with van der Waals surface area (Å²) in [5.74, 6) is 1.82. The molecule has 0 bridgehead atoms. The van der Waals surface area contributed by atoms with Crippen molar-refractivity contribution < 1.29 is 9.90 Å². The minimum Gasteiger partial charge on any atom is -0.480 e. The minimum atomic E-state index is -0.795. The lowest BCUT2D eigenvalue weighted by Gasteiger charge is -2.30. The third-order valence-electron chi connectivity index (χ3n) is 2.44. The molecule has 2 N–H and O–H groups in total. The molecule has 0 unspecified atom stereocenters. The van der Waals surface area contributed by atoms with E-state index in [9.17, 15) is 4.79 Å². The molecule has 0 spiro atoms. The number of terminal acetylenes is 1. The predicted molar refractivity (Wildman–Crippen MR) is 53.9 cm³/mol. The molecule has 78 valence electrons. The highest BCUT2D eigenvalue weighted by Crippen LogP contribution is 2.09. The fourth-order valence-electron chi connectivity index (χ4n) is 1.66. The number of aliphatic carboxylic acids is 1. The smallest absolute Gasteiger partial charge is 0.317 e. The zero-order valence-corrected chi connectivity index (χ0v) is 8.20. The Balaban J connectivity index is 2.16. The van der Waals surface area contributed by atoms with Crippen molar-refractivity contribution in [1.82, 2.24) is 10.2 Å². The Morgan fingerprint density at radius 2 is 2.21 bits per heavy atom. The first-order chi connectivity index (χ1) is 6.72. The van der Waals surface area contributed by atoms with Crippen molar-refractivity contribution in [2.75, 3.05) is 26.2 Å². The SMILES string of the molecule is C#CCN1CCC(NCC(=O)O)CC1. The third-order valence-corrected chi connectivity index (χ3v) is 2.44. The molecule has 0 aliphatic carbocycles. The molecule has 1 aliphatic heterocycles. The van der Waals surface area contributed by atoms with Gasteiger partial charge in [0.15, 0.2) is 0 Å². The number of nitrogens with zero attached hydrogens (tertiary/aromatic N) is 1. The summed E-state index contributed by atoms with van der Waals surface area (Å²) < 4.78 is 0. The van der Waals surface area contributed by atoms with Gasteiger partial charge in [0.2, 0.25) is 0 Å². The Kier molecular flexibility index (Phi) is 4.44. The Morgan fingerprint density at radius 1 is 1.57 bits per heavy atom. The average molecular weight is 196 g/mol. The van der Waals surface area contributed by atoms with Gasteiger partial charge in [-0.05, 0) is 12.8 Å². The molecule has 0 aromatic carbocycles. The monoisotopic (exact) mass is 196 g/mol. The highest BCUT2D eigenvalue weighted by atomic mass is 16.4. The molecule has 1 saturated heterocycles. The van der Waals surface area contributed by atoms with Crippen molar-refractivity contribution in [3.8, 4) is 12.3 Å². The summed E-state index contributed by atoms with van der Waals surface area (Å²) in [5, 5.41) is 11.5. The predicted octanol–water partition coefficient (Wildman–Crippen LogP) is -0.242. The van der Waals surface area contributed by atoms with Crippen LogP contribution < -0.4 is 5.32 Å². The summed E-state index contributed by atoms with van der Waals surface area (Å²) in [5.41, 5.74) is 0. The van der Waals surface area contributed by atoms with Crippen LogP contribution in [0.5, 0.6) is 0 Å². The molecule has 1 fully saturated rings. The normalized spacial score (nSPS) is 19.1. The van der Waals surface area contributed by atoms with Crippen molar-refractivity contribution in [3.63, 3.8) is 0 Å². The van der Waals surface area contributed by atoms with Crippen molar-refractivity contribution in [1.29, 1.82) is 0 Å². The van der Waals surface area contributed by atoms with E-state index in [0.29, 0.717) is 12.6 Å². The Bertz CT molecular complexity index is 227. The van der Waals surface area contributed by atoms with Crippen LogP contribution in [-0.4, -0.2) is 48.2 Å². The highest BCUT2D eigenvalue weighted by Gasteiger charge is 2.18. The number of rotatable bonds is 4. The standard InChI is InChI=1S/C10H16N2O2/c1-2-5-12-6-3-9(4-7-12)11-8-10(13)14/h1,9,11H,3-8H2,(H,13,14). The van der Waals surface area contributed by atoms with Gasteiger partial charge in [-0.1, -0.05) is 5.92 Å². The van der Waals surface area contributed by atoms with E-state index in [-0.39, 0.29) is 6.54 Å². The van der Waals surface area contributed by atoms with Gasteiger partial charge < -0.3 is 10.4 Å². The second-order valence-corrected chi connectivity index (χ2v) is 3.53. The number of likely N-dealkylation sites (tertiary alicyclic amines) is 1. The minimum absolute atomic E-state index is 0.0554. The summed E-state index contributed by atoms with van der Waals surface area (Å²) in [7, 11) is 0. The largest absolute Gasteiger partial charge is 0.480 e. The molecule has 4 heteroatoms. The Morgan fingerprint density at radius 3 is 2.71 bits per heavy atom. The molecular weight excluding hydrogens is 180 g/mol. The molecule has 0 aromatic heterocycles. The van der Waals surface area contributed by atoms with Crippen LogP contribution in [0.2, 0.25) is 0 Å². The van der Waals surface area contributed by atoms with Crippen molar-refractivity contribution >= 4 is 5.97 Å². The maximum Gasteiger partial charge on any atom is 0.317 e. The molecular formula is C10H16N2O2. The number of carboxylic acids is 1. The average Bonchev–Trinajstić information content (AvgIpc) is 2.17. The summed E-state index contributed by atoms with van der Waals surface area (Å²) >= 11 is 0. The maximum atomic E-state index is 10.3. The van der Waals surface area contributed by atoms with Gasteiger partial charge in [0.1, 0.15) is 0 Å². The molecule has 0 atom stereocenters. The summed E-state index contributed by atoms with van der Waals surface area (Å²) in [6, 6.07) is 0.333. The van der Waals surface area contributed by atoms with E-state index in [1.54, 1.807) is 0 Å². The quantitative estimate of drug-likeness (QED) is 0.609. The Hall–Kier alpha value is -1.05. The number of carbonyl (C=O) groups is 1. The van der Waals surface area contributed by atoms with Gasteiger partial charge in [0.25, 0.3) is 0 Å². The summed E-state index contributed by atoms with van der Waals surface area (Å²) in [6.45, 7) is 2.68. The van der Waals surface area contributed by atoms with Crippen LogP contribution >= 0.6 is 0 Å². The van der Waals surface area contributed by atoms with Crippen LogP contribution in [0.15, 0.2) is 0 Å². The molecule has 1 aliphatic rings. The number of hydrogen-bond acceptors (Lipinski definition) is 3. The highest BCUT2D eigenvalue weighted by molar-refractivity contribution is 5.69. The number of hydrogen-bond donors (Lipinski definition) is 2. The first-order valence-corrected chi connectivity index (χ1v) is 4.83. The van der Waals surface area contributed by atoms with Crippen LogP contribution in [-0.2, 0) is 4.79 Å². The van der Waals surface area contributed by atoms with Gasteiger partial charge >= 0.3 is 5.97 Å². The van der Waals surface area contributed by atoms with Crippen LogP contribution in [0.4, 0.5) is 0 Å². The van der Waals surface area contributed by atoms with Gasteiger partial charge in [-0.15, -0.1) is 6.42 Å². The van der Waals surface area contributed by atoms with Gasteiger partial charge in [0, 0.05) is 19.1 Å². The molecule has 0 saturated carbocycles. The summed E-state index contributed by atoms with van der Waals surface area (Å²) in [6.07, 6.45) is 7.17. The van der Waals surface area contributed by atoms with Crippen molar-refractivity contribution in [3.05, 3.63) is 0 Å². The van der Waals surface area contributed by atoms with Crippen LogP contribution in [0.25, 0.3) is 0 Å². The molecule has 4 nitrogen and oxygen atoms in total. The summed E-state index contributed by atoms with van der Waals surface area (Å²) in [4.78, 5) is 12.5. The van der Waals surface area contributed by atoms with Crippen LogP contribution in [0, 0.1) is 12.3 Å². The van der Waals surface area contributed by atoms with E-state index < -0.39 is 5.97 Å². The Labute approximate surface area is 84.3 Å². The zero-order valence-electron chi connectivity index (χ0n) is 8.20. The van der Waals surface area contributed by atoms with Crippen LogP contribution in [0.3, 0.4) is 0 Å². The van der Waals surface area contributed by atoms with Crippen molar-refractivity contribution in [2.45, 2.75) is 18.9 Å². The molecule has 1 rings (SSSR count). The molecule has 14 heavy (non-hydrogen) atoms. The first-order valence-electron chi connectivity index (χ1n) is 4.83. The van der Waals surface area contributed by atoms with Gasteiger partial charge in [-0.2, -0.15) is 0 Å². The van der Waals surface area contributed by atoms with E-state index >= 15 is 0 Å². The van der Waals surface area contributed by atoms with Crippen LogP contribution in [0.1, 0.15) is 12.8 Å². The lowest BCUT2D eigenvalue weighted by molar-refractivity contribution is -0.136. The maximum absolute atomic E-state index is 10.3. The lowest BCUT2D eigenvalue weighted by Crippen LogP contribution is -2.43. The second-order valence-electron chi connectivity index (χ2n) is 3.53. The molecule has 0 amide bonds. The second kappa shape index (κ2) is 5.63. The van der Waals surface area contributed by atoms with E-state index in [0.717, 1.165) is 25.9 Å². The van der Waals surface area contributed by atoms with E-state index in [2.05, 4.69) is 16.1 Å². The van der Waals surface area contributed by atoms with E-state index in [1.165, 1.54) is 0 Å². The zero-order chi connectivity index (χ0) is 10.4. The van der Waals surface area contributed by atoms with E-state index in [1.807, 2.05) is 0 Å². The van der Waals surface area contributed by atoms with Gasteiger partial charge in [-0.3, -0.25) is 9.69 Å². The molecule has 0 aromatic rings.